The van der Waals surface area contributed by atoms with Gasteiger partial charge in [-0.2, -0.15) is 0 Å². The van der Waals surface area contributed by atoms with Gasteiger partial charge < -0.3 is 9.05 Å². The van der Waals surface area contributed by atoms with Gasteiger partial charge in [-0.25, -0.2) is 0 Å². The highest BCUT2D eigenvalue weighted by Gasteiger charge is 2.25. The molecular weight excluding hydrogens is 283 g/mol. The van der Waals surface area contributed by atoms with E-state index in [1.54, 1.807) is 6.66 Å². The maximum absolute atomic E-state index is 12.6. The van der Waals surface area contributed by atoms with Crippen LogP contribution in [0.5, 0.6) is 0 Å². The summed E-state index contributed by atoms with van der Waals surface area (Å²) in [4.78, 5) is 0. The van der Waals surface area contributed by atoms with Crippen LogP contribution in [0.3, 0.4) is 0 Å². The molecular formula is C17H37O3P. The van der Waals surface area contributed by atoms with Gasteiger partial charge in [0, 0.05) is 6.66 Å². The first-order valence-electron chi connectivity index (χ1n) is 8.93. The van der Waals surface area contributed by atoms with Gasteiger partial charge in [-0.3, -0.25) is 4.57 Å². The minimum atomic E-state index is -2.94. The molecule has 0 aliphatic heterocycles. The van der Waals surface area contributed by atoms with Crippen molar-refractivity contribution in [1.82, 2.24) is 0 Å². The molecule has 0 radical (unpaired) electrons. The predicted molar refractivity (Wildman–Crippen MR) is 92.1 cm³/mol. The second kappa shape index (κ2) is 12.7. The second-order valence-corrected chi connectivity index (χ2v) is 8.00. The Morgan fingerprint density at radius 2 is 1.14 bits per heavy atom. The van der Waals surface area contributed by atoms with Crippen LogP contribution in [-0.4, -0.2) is 18.9 Å². The summed E-state index contributed by atoms with van der Waals surface area (Å²) in [6.45, 7) is 10.2. The number of hydrogen-bond donors (Lipinski definition) is 0. The molecule has 0 N–H and O–H groups in total. The van der Waals surface area contributed by atoms with Gasteiger partial charge in [-0.05, 0) is 25.7 Å². The second-order valence-electron chi connectivity index (χ2n) is 6.03. The van der Waals surface area contributed by atoms with Crippen LogP contribution >= 0.6 is 7.60 Å². The summed E-state index contributed by atoms with van der Waals surface area (Å²) < 4.78 is 24.2. The fraction of sp³-hybridized carbons (Fsp3) is 1.00. The van der Waals surface area contributed by atoms with Gasteiger partial charge in [0.1, 0.15) is 0 Å². The Bertz CT molecular complexity index is 257. The lowest BCUT2D eigenvalue weighted by atomic mass is 10.1. The van der Waals surface area contributed by atoms with Crippen LogP contribution in [0.1, 0.15) is 91.9 Å². The zero-order valence-electron chi connectivity index (χ0n) is 14.9. The van der Waals surface area contributed by atoms with Gasteiger partial charge in [0.2, 0.25) is 0 Å². The van der Waals surface area contributed by atoms with E-state index in [1.807, 2.05) is 0 Å². The number of rotatable bonds is 14. The van der Waals surface area contributed by atoms with E-state index in [0.29, 0.717) is 0 Å². The van der Waals surface area contributed by atoms with Crippen LogP contribution < -0.4 is 0 Å². The van der Waals surface area contributed by atoms with Crippen LogP contribution in [0.15, 0.2) is 0 Å². The van der Waals surface area contributed by atoms with Gasteiger partial charge in [0.15, 0.2) is 0 Å². The molecule has 0 bridgehead atoms. The Kier molecular flexibility index (Phi) is 12.8. The molecule has 0 aromatic carbocycles. The quantitative estimate of drug-likeness (QED) is 0.268. The fourth-order valence-corrected chi connectivity index (χ4v) is 4.11. The molecule has 0 saturated carbocycles. The number of hydrogen-bond acceptors (Lipinski definition) is 3. The number of unbranched alkanes of at least 4 members (excludes halogenated alkanes) is 4. The minimum absolute atomic E-state index is 0.0699. The van der Waals surface area contributed by atoms with Crippen molar-refractivity contribution in [1.29, 1.82) is 0 Å². The van der Waals surface area contributed by atoms with Crippen molar-refractivity contribution < 1.29 is 13.6 Å². The maximum Gasteiger partial charge on any atom is 0.328 e. The Hall–Kier alpha value is 0.150. The highest BCUT2D eigenvalue weighted by atomic mass is 31.2. The van der Waals surface area contributed by atoms with Crippen LogP contribution in [0.2, 0.25) is 0 Å². The molecule has 2 atom stereocenters. The molecule has 3 nitrogen and oxygen atoms in total. The summed E-state index contributed by atoms with van der Waals surface area (Å²) in [5, 5.41) is 0. The van der Waals surface area contributed by atoms with E-state index in [4.69, 9.17) is 9.05 Å². The molecule has 0 aromatic heterocycles. The third-order valence-corrected chi connectivity index (χ3v) is 5.21. The van der Waals surface area contributed by atoms with Crippen LogP contribution in [0.4, 0.5) is 0 Å². The molecule has 2 unspecified atom stereocenters. The molecule has 0 fully saturated rings. The molecule has 0 amide bonds. The van der Waals surface area contributed by atoms with E-state index in [2.05, 4.69) is 27.7 Å². The minimum Gasteiger partial charge on any atom is -0.305 e. The highest BCUT2D eigenvalue weighted by molar-refractivity contribution is 7.53. The zero-order chi connectivity index (χ0) is 16.1. The Morgan fingerprint density at radius 1 is 0.762 bits per heavy atom. The summed E-state index contributed by atoms with van der Waals surface area (Å²) in [6.07, 6.45) is 11.0. The van der Waals surface area contributed by atoms with Crippen molar-refractivity contribution >= 4 is 7.60 Å². The molecule has 0 spiro atoms. The molecule has 0 aliphatic rings. The first-order valence-corrected chi connectivity index (χ1v) is 10.9. The van der Waals surface area contributed by atoms with Gasteiger partial charge in [-0.15, -0.1) is 0 Å². The zero-order valence-corrected chi connectivity index (χ0v) is 15.8. The SMILES string of the molecule is CCCCCC(CC)OP(C)(=O)OC(CC)CCCCC. The molecule has 0 rings (SSSR count). The Balaban J connectivity index is 4.25. The monoisotopic (exact) mass is 320 g/mol. The lowest BCUT2D eigenvalue weighted by Crippen LogP contribution is -2.15. The van der Waals surface area contributed by atoms with E-state index in [1.165, 1.54) is 25.7 Å². The van der Waals surface area contributed by atoms with E-state index in [9.17, 15) is 4.57 Å². The predicted octanol–water partition coefficient (Wildman–Crippen LogP) is 6.56. The largest absolute Gasteiger partial charge is 0.328 e. The summed E-state index contributed by atoms with van der Waals surface area (Å²) in [6, 6.07) is 0. The lowest BCUT2D eigenvalue weighted by Gasteiger charge is -2.25. The van der Waals surface area contributed by atoms with Crippen molar-refractivity contribution in [3.05, 3.63) is 0 Å². The smallest absolute Gasteiger partial charge is 0.305 e. The van der Waals surface area contributed by atoms with Gasteiger partial charge in [0.05, 0.1) is 12.2 Å². The summed E-state index contributed by atoms with van der Waals surface area (Å²) in [5.74, 6) is 0. The third-order valence-electron chi connectivity index (χ3n) is 3.85. The van der Waals surface area contributed by atoms with Crippen molar-refractivity contribution in [3.8, 4) is 0 Å². The maximum atomic E-state index is 12.6. The van der Waals surface area contributed by atoms with Crippen molar-refractivity contribution in [2.45, 2.75) is 104 Å². The van der Waals surface area contributed by atoms with Crippen LogP contribution in [0.25, 0.3) is 0 Å². The fourth-order valence-electron chi connectivity index (χ4n) is 2.47. The molecule has 0 heterocycles. The topological polar surface area (TPSA) is 35.5 Å². The first kappa shape index (κ1) is 21.1. The van der Waals surface area contributed by atoms with Crippen molar-refractivity contribution in [2.75, 3.05) is 6.66 Å². The normalized spacial score (nSPS) is 17.4. The third kappa shape index (κ3) is 11.4. The van der Waals surface area contributed by atoms with E-state index in [0.717, 1.165) is 38.5 Å². The lowest BCUT2D eigenvalue weighted by molar-refractivity contribution is 0.101. The molecule has 128 valence electrons. The van der Waals surface area contributed by atoms with Gasteiger partial charge in [-0.1, -0.05) is 66.2 Å². The standard InChI is InChI=1S/C17H37O3P/c1-6-10-12-14-16(8-3)19-21(5,18)20-17(9-4)15-13-11-7-2/h16-17H,6-15H2,1-5H3. The van der Waals surface area contributed by atoms with Gasteiger partial charge >= 0.3 is 7.60 Å². The Labute approximate surface area is 132 Å². The molecule has 0 aliphatic carbocycles. The average Bonchev–Trinajstić information content (AvgIpc) is 2.45. The summed E-state index contributed by atoms with van der Waals surface area (Å²) in [7, 11) is -2.94. The van der Waals surface area contributed by atoms with E-state index in [-0.39, 0.29) is 12.2 Å². The molecule has 0 aromatic rings. The molecule has 4 heteroatoms. The molecule has 0 saturated heterocycles. The van der Waals surface area contributed by atoms with Crippen molar-refractivity contribution in [2.24, 2.45) is 0 Å². The summed E-state index contributed by atoms with van der Waals surface area (Å²) in [5.41, 5.74) is 0. The van der Waals surface area contributed by atoms with E-state index >= 15 is 0 Å². The average molecular weight is 320 g/mol. The van der Waals surface area contributed by atoms with Crippen LogP contribution in [-0.2, 0) is 13.6 Å². The van der Waals surface area contributed by atoms with Gasteiger partial charge in [0.25, 0.3) is 0 Å². The van der Waals surface area contributed by atoms with Crippen molar-refractivity contribution in [3.63, 3.8) is 0 Å². The summed E-state index contributed by atoms with van der Waals surface area (Å²) >= 11 is 0. The van der Waals surface area contributed by atoms with Crippen LogP contribution in [0, 0.1) is 0 Å². The Morgan fingerprint density at radius 3 is 1.43 bits per heavy atom. The molecule has 21 heavy (non-hydrogen) atoms. The highest BCUT2D eigenvalue weighted by Crippen LogP contribution is 2.48. The first-order chi connectivity index (χ1) is 9.99. The van der Waals surface area contributed by atoms with E-state index < -0.39 is 7.60 Å².